The summed E-state index contributed by atoms with van der Waals surface area (Å²) in [5.74, 6) is 0.798. The molecule has 0 bridgehead atoms. The third-order valence-electron chi connectivity index (χ3n) is 4.92. The van der Waals surface area contributed by atoms with Crippen LogP contribution in [-0.2, 0) is 13.0 Å². The molecule has 136 valence electrons. The number of amides is 1. The van der Waals surface area contributed by atoms with Gasteiger partial charge in [-0.25, -0.2) is 4.98 Å². The van der Waals surface area contributed by atoms with E-state index in [0.717, 1.165) is 30.9 Å². The molecule has 0 unspecified atom stereocenters. The highest BCUT2D eigenvalue weighted by molar-refractivity contribution is 6.05. The molecule has 27 heavy (non-hydrogen) atoms. The van der Waals surface area contributed by atoms with Crippen LogP contribution >= 0.6 is 0 Å². The maximum Gasteiger partial charge on any atom is 0.255 e. The number of carbonyl (C=O) groups is 1. The van der Waals surface area contributed by atoms with Crippen molar-refractivity contribution in [3.8, 4) is 5.75 Å². The van der Waals surface area contributed by atoms with Crippen molar-refractivity contribution in [2.24, 2.45) is 0 Å². The van der Waals surface area contributed by atoms with Gasteiger partial charge in [0.15, 0.2) is 0 Å². The van der Waals surface area contributed by atoms with Gasteiger partial charge < -0.3 is 15.3 Å². The number of rotatable bonds is 3. The Balaban J connectivity index is 1.53. The van der Waals surface area contributed by atoms with E-state index >= 15 is 0 Å². The molecule has 0 spiro atoms. The van der Waals surface area contributed by atoms with E-state index in [0.29, 0.717) is 11.3 Å². The van der Waals surface area contributed by atoms with Gasteiger partial charge in [0.1, 0.15) is 11.6 Å². The highest BCUT2D eigenvalue weighted by atomic mass is 16.3. The van der Waals surface area contributed by atoms with Gasteiger partial charge in [-0.15, -0.1) is 0 Å². The lowest BCUT2D eigenvalue weighted by Gasteiger charge is -2.29. The van der Waals surface area contributed by atoms with E-state index in [1.807, 2.05) is 13.0 Å². The Hall–Kier alpha value is -3.34. The van der Waals surface area contributed by atoms with E-state index < -0.39 is 0 Å². The number of aromatic hydroxyl groups is 1. The van der Waals surface area contributed by atoms with Gasteiger partial charge in [0.25, 0.3) is 5.91 Å². The Morgan fingerprint density at radius 1 is 1.11 bits per heavy atom. The van der Waals surface area contributed by atoms with Gasteiger partial charge in [-0.3, -0.25) is 4.79 Å². The van der Waals surface area contributed by atoms with Gasteiger partial charge in [-0.1, -0.05) is 24.3 Å². The topological polar surface area (TPSA) is 65.5 Å². The minimum Gasteiger partial charge on any atom is -0.508 e. The number of aromatic nitrogens is 1. The maximum atomic E-state index is 12.7. The van der Waals surface area contributed by atoms with E-state index in [2.05, 4.69) is 39.5 Å². The van der Waals surface area contributed by atoms with Gasteiger partial charge in [-0.05, 0) is 60.4 Å². The van der Waals surface area contributed by atoms with Crippen LogP contribution in [0, 0.1) is 6.92 Å². The van der Waals surface area contributed by atoms with Gasteiger partial charge in [-0.2, -0.15) is 0 Å². The second kappa shape index (κ2) is 7.11. The zero-order valence-corrected chi connectivity index (χ0v) is 15.1. The molecule has 5 nitrogen and oxygen atoms in total. The predicted molar refractivity (Wildman–Crippen MR) is 106 cm³/mol. The van der Waals surface area contributed by atoms with Crippen LogP contribution < -0.4 is 10.2 Å². The van der Waals surface area contributed by atoms with Gasteiger partial charge in [0, 0.05) is 30.5 Å². The molecule has 0 radical (unpaired) electrons. The number of phenolic OH excluding ortho intramolecular Hbond substituents is 1. The monoisotopic (exact) mass is 359 g/mol. The molecule has 1 aromatic heterocycles. The molecule has 0 atom stereocenters. The van der Waals surface area contributed by atoms with Crippen molar-refractivity contribution >= 4 is 17.4 Å². The van der Waals surface area contributed by atoms with Crippen LogP contribution in [0.4, 0.5) is 11.5 Å². The van der Waals surface area contributed by atoms with Crippen molar-refractivity contribution in [2.45, 2.75) is 19.9 Å². The number of nitrogens with zero attached hydrogens (tertiary/aromatic N) is 2. The smallest absolute Gasteiger partial charge is 0.255 e. The minimum absolute atomic E-state index is 0.182. The summed E-state index contributed by atoms with van der Waals surface area (Å²) in [7, 11) is 0. The molecule has 1 aliphatic heterocycles. The first-order valence-corrected chi connectivity index (χ1v) is 8.99. The number of aryl methyl sites for hydroxylation is 1. The molecule has 2 heterocycles. The van der Waals surface area contributed by atoms with E-state index in [4.69, 9.17) is 0 Å². The first-order chi connectivity index (χ1) is 13.1. The third kappa shape index (κ3) is 3.62. The number of carbonyl (C=O) groups excluding carboxylic acids is 1. The number of pyridine rings is 1. The van der Waals surface area contributed by atoms with Crippen LogP contribution in [0.5, 0.6) is 5.75 Å². The van der Waals surface area contributed by atoms with Crippen molar-refractivity contribution in [2.75, 3.05) is 16.8 Å². The Kier molecular flexibility index (Phi) is 4.50. The Morgan fingerprint density at radius 2 is 1.93 bits per heavy atom. The van der Waals surface area contributed by atoms with Crippen LogP contribution in [0.15, 0.2) is 60.8 Å². The molecule has 2 aromatic carbocycles. The second-order valence-electron chi connectivity index (χ2n) is 6.80. The van der Waals surface area contributed by atoms with Crippen molar-refractivity contribution in [1.82, 2.24) is 4.98 Å². The molecule has 2 N–H and O–H groups in total. The first-order valence-electron chi connectivity index (χ1n) is 8.99. The average molecular weight is 359 g/mol. The van der Waals surface area contributed by atoms with Crippen molar-refractivity contribution in [3.63, 3.8) is 0 Å². The Morgan fingerprint density at radius 3 is 2.74 bits per heavy atom. The van der Waals surface area contributed by atoms with E-state index in [9.17, 15) is 9.90 Å². The number of anilines is 2. The molecule has 4 rings (SSSR count). The van der Waals surface area contributed by atoms with Crippen molar-refractivity contribution in [3.05, 3.63) is 83.0 Å². The lowest BCUT2D eigenvalue weighted by atomic mass is 10.00. The van der Waals surface area contributed by atoms with Gasteiger partial charge in [0.05, 0.1) is 0 Å². The van der Waals surface area contributed by atoms with E-state index in [-0.39, 0.29) is 11.7 Å². The summed E-state index contributed by atoms with van der Waals surface area (Å²) in [6, 6.07) is 16.9. The molecule has 1 amide bonds. The number of hydrogen-bond acceptors (Lipinski definition) is 4. The molecular formula is C22H21N3O2. The molecule has 3 aromatic rings. The van der Waals surface area contributed by atoms with Crippen molar-refractivity contribution < 1.29 is 9.90 Å². The minimum atomic E-state index is -0.190. The van der Waals surface area contributed by atoms with E-state index in [1.165, 1.54) is 11.1 Å². The highest BCUT2D eigenvalue weighted by Crippen LogP contribution is 2.24. The predicted octanol–water partition coefficient (Wildman–Crippen LogP) is 3.91. The fraction of sp³-hybridized carbons (Fsp3) is 0.182. The lowest BCUT2D eigenvalue weighted by molar-refractivity contribution is 0.102. The summed E-state index contributed by atoms with van der Waals surface area (Å²) >= 11 is 0. The largest absolute Gasteiger partial charge is 0.508 e. The zero-order valence-electron chi connectivity index (χ0n) is 15.1. The van der Waals surface area contributed by atoms with Crippen LogP contribution in [0.2, 0.25) is 0 Å². The molecule has 1 aliphatic rings. The molecule has 0 fully saturated rings. The van der Waals surface area contributed by atoms with Crippen LogP contribution in [0.25, 0.3) is 0 Å². The number of benzene rings is 2. The normalized spacial score (nSPS) is 13.1. The Labute approximate surface area is 158 Å². The first kappa shape index (κ1) is 17.1. The molecule has 0 aliphatic carbocycles. The molecule has 5 heteroatoms. The summed E-state index contributed by atoms with van der Waals surface area (Å²) in [5.41, 5.74) is 4.74. The standard InChI is InChI=1S/C22H21N3O2/c1-15-12-19(26)6-7-20(15)24-22(27)17-8-10-23-21(13-17)25-11-9-16-4-2-3-5-18(16)14-25/h2-8,10,12-13,26H,9,11,14H2,1H3,(H,24,27). The summed E-state index contributed by atoms with van der Waals surface area (Å²) in [5, 5.41) is 12.4. The van der Waals surface area contributed by atoms with E-state index in [1.54, 1.807) is 30.5 Å². The molecular weight excluding hydrogens is 338 g/mol. The molecule has 0 saturated carbocycles. The van der Waals surface area contributed by atoms with Gasteiger partial charge >= 0.3 is 0 Å². The van der Waals surface area contributed by atoms with Gasteiger partial charge in [0.2, 0.25) is 0 Å². The quantitative estimate of drug-likeness (QED) is 0.696. The summed E-state index contributed by atoms with van der Waals surface area (Å²) in [6.45, 7) is 3.52. The van der Waals surface area contributed by atoms with Crippen LogP contribution in [-0.4, -0.2) is 22.5 Å². The highest BCUT2D eigenvalue weighted by Gasteiger charge is 2.18. The number of nitrogens with one attached hydrogen (secondary N) is 1. The second-order valence-corrected chi connectivity index (χ2v) is 6.80. The van der Waals surface area contributed by atoms with Crippen molar-refractivity contribution in [1.29, 1.82) is 0 Å². The number of phenols is 1. The summed E-state index contributed by atoms with van der Waals surface area (Å²) < 4.78 is 0. The zero-order chi connectivity index (χ0) is 18.8. The average Bonchev–Trinajstić information content (AvgIpc) is 2.70. The summed E-state index contributed by atoms with van der Waals surface area (Å²) in [6.07, 6.45) is 2.65. The Bertz CT molecular complexity index is 1000. The number of fused-ring (bicyclic) bond motifs is 1. The van der Waals surface area contributed by atoms with Crippen LogP contribution in [0.3, 0.4) is 0 Å². The summed E-state index contributed by atoms with van der Waals surface area (Å²) in [4.78, 5) is 19.3. The van der Waals surface area contributed by atoms with Crippen LogP contribution in [0.1, 0.15) is 27.0 Å². The third-order valence-corrected chi connectivity index (χ3v) is 4.92. The maximum absolute atomic E-state index is 12.7. The fourth-order valence-electron chi connectivity index (χ4n) is 3.41. The SMILES string of the molecule is Cc1cc(O)ccc1NC(=O)c1ccnc(N2CCc3ccccc3C2)c1. The molecule has 0 saturated heterocycles. The lowest BCUT2D eigenvalue weighted by Crippen LogP contribution is -2.31. The number of hydrogen-bond donors (Lipinski definition) is 2. The fourth-order valence-corrected chi connectivity index (χ4v) is 3.41.